The predicted octanol–water partition coefficient (Wildman–Crippen LogP) is 1.97. The van der Waals surface area contributed by atoms with Gasteiger partial charge in [-0.05, 0) is 38.3 Å². The van der Waals surface area contributed by atoms with Gasteiger partial charge in [-0.25, -0.2) is 14.8 Å². The van der Waals surface area contributed by atoms with Crippen molar-refractivity contribution in [3.63, 3.8) is 0 Å². The Balaban J connectivity index is 1.42. The third-order valence-corrected chi connectivity index (χ3v) is 7.17. The van der Waals surface area contributed by atoms with Crippen molar-refractivity contribution < 1.29 is 19.4 Å². The highest BCUT2D eigenvalue weighted by molar-refractivity contribution is 7.12. The van der Waals surface area contributed by atoms with Gasteiger partial charge >= 0.3 is 5.97 Å². The molecule has 5 rings (SSSR count). The first-order valence-electron chi connectivity index (χ1n) is 11.2. The summed E-state index contributed by atoms with van der Waals surface area (Å²) in [5, 5.41) is 15.2. The molecular weight excluding hydrogens is 458 g/mol. The molecule has 0 spiro atoms. The summed E-state index contributed by atoms with van der Waals surface area (Å²) in [5.41, 5.74) is -0.142. The SMILES string of the molecule is CCOCC1(NC(=O)C2CN(c3cc(C)c4c(=O)c(C(=O)O)cn(-c5nccs5)c4n3)C2)CC1. The number of nitrogens with one attached hydrogen (secondary N) is 1. The lowest BCUT2D eigenvalue weighted by Gasteiger charge is -2.40. The molecule has 0 radical (unpaired) electrons. The maximum Gasteiger partial charge on any atom is 0.341 e. The highest BCUT2D eigenvalue weighted by Crippen LogP contribution is 2.36. The smallest absolute Gasteiger partial charge is 0.341 e. The number of hydrogen-bond donors (Lipinski definition) is 2. The van der Waals surface area contributed by atoms with E-state index in [0.29, 0.717) is 48.5 Å². The number of fused-ring (bicyclic) bond motifs is 1. The summed E-state index contributed by atoms with van der Waals surface area (Å²) in [4.78, 5) is 48.3. The molecule has 11 heteroatoms. The molecule has 1 saturated heterocycles. The Hall–Kier alpha value is -3.31. The minimum atomic E-state index is -1.30. The number of thiazole rings is 1. The van der Waals surface area contributed by atoms with Crippen LogP contribution < -0.4 is 15.6 Å². The number of rotatable bonds is 8. The van der Waals surface area contributed by atoms with E-state index in [1.54, 1.807) is 29.1 Å². The Morgan fingerprint density at radius 3 is 2.74 bits per heavy atom. The summed E-state index contributed by atoms with van der Waals surface area (Å²) in [7, 11) is 0. The van der Waals surface area contributed by atoms with Crippen LogP contribution >= 0.6 is 11.3 Å². The molecule has 34 heavy (non-hydrogen) atoms. The molecule has 2 aliphatic rings. The number of aromatic nitrogens is 3. The second kappa shape index (κ2) is 8.48. The van der Waals surface area contributed by atoms with E-state index in [0.717, 1.165) is 12.8 Å². The Labute approximate surface area is 199 Å². The van der Waals surface area contributed by atoms with Gasteiger partial charge in [0, 0.05) is 37.5 Å². The molecule has 3 aromatic rings. The lowest BCUT2D eigenvalue weighted by molar-refractivity contribution is -0.127. The van der Waals surface area contributed by atoms with E-state index in [2.05, 4.69) is 10.3 Å². The van der Waals surface area contributed by atoms with E-state index in [9.17, 15) is 19.5 Å². The fraction of sp³-hybridized carbons (Fsp3) is 0.435. The number of carbonyl (C=O) groups is 2. The first kappa shape index (κ1) is 22.5. The number of hydrogen-bond acceptors (Lipinski definition) is 8. The van der Waals surface area contributed by atoms with Gasteiger partial charge in [0.1, 0.15) is 11.4 Å². The number of amides is 1. The summed E-state index contributed by atoms with van der Waals surface area (Å²) < 4.78 is 7.06. The number of anilines is 1. The van der Waals surface area contributed by atoms with Crippen LogP contribution in [-0.2, 0) is 9.53 Å². The van der Waals surface area contributed by atoms with Gasteiger partial charge < -0.3 is 20.1 Å². The van der Waals surface area contributed by atoms with Gasteiger partial charge in [-0.3, -0.25) is 14.2 Å². The van der Waals surface area contributed by atoms with E-state index in [4.69, 9.17) is 9.72 Å². The average molecular weight is 484 g/mol. The largest absolute Gasteiger partial charge is 0.477 e. The number of carboxylic acid groups (broad SMARTS) is 1. The van der Waals surface area contributed by atoms with Crippen molar-refractivity contribution in [3.8, 4) is 5.13 Å². The van der Waals surface area contributed by atoms with Gasteiger partial charge in [0.2, 0.25) is 11.3 Å². The maximum absolute atomic E-state index is 12.9. The number of pyridine rings is 2. The molecule has 4 heterocycles. The molecule has 3 aromatic heterocycles. The van der Waals surface area contributed by atoms with Crippen LogP contribution in [0, 0.1) is 12.8 Å². The summed E-state index contributed by atoms with van der Waals surface area (Å²) >= 11 is 1.32. The minimum Gasteiger partial charge on any atom is -0.477 e. The highest BCUT2D eigenvalue weighted by Gasteiger charge is 2.46. The molecule has 1 aliphatic heterocycles. The fourth-order valence-corrected chi connectivity index (χ4v) is 4.84. The van der Waals surface area contributed by atoms with Gasteiger partial charge in [0.15, 0.2) is 10.8 Å². The van der Waals surface area contributed by atoms with Crippen LogP contribution in [0.2, 0.25) is 0 Å². The molecule has 1 aliphatic carbocycles. The summed E-state index contributed by atoms with van der Waals surface area (Å²) in [6.07, 6.45) is 4.76. The van der Waals surface area contributed by atoms with Crippen molar-refractivity contribution in [2.75, 3.05) is 31.2 Å². The summed E-state index contributed by atoms with van der Waals surface area (Å²) in [5.74, 6) is -0.781. The van der Waals surface area contributed by atoms with Crippen molar-refractivity contribution >= 4 is 40.1 Å². The molecule has 1 saturated carbocycles. The Morgan fingerprint density at radius 1 is 1.35 bits per heavy atom. The zero-order valence-corrected chi connectivity index (χ0v) is 19.7. The van der Waals surface area contributed by atoms with Gasteiger partial charge in [-0.2, -0.15) is 0 Å². The van der Waals surface area contributed by atoms with E-state index in [1.807, 2.05) is 11.8 Å². The van der Waals surface area contributed by atoms with Crippen LogP contribution in [0.3, 0.4) is 0 Å². The second-order valence-electron chi connectivity index (χ2n) is 8.87. The van der Waals surface area contributed by atoms with E-state index >= 15 is 0 Å². The third kappa shape index (κ3) is 3.94. The van der Waals surface area contributed by atoms with Crippen LogP contribution in [0.1, 0.15) is 35.7 Å². The van der Waals surface area contributed by atoms with Crippen molar-refractivity contribution in [2.45, 2.75) is 32.2 Å². The first-order chi connectivity index (χ1) is 16.3. The predicted molar refractivity (Wildman–Crippen MR) is 127 cm³/mol. The lowest BCUT2D eigenvalue weighted by atomic mass is 9.98. The summed E-state index contributed by atoms with van der Waals surface area (Å²) in [6.45, 7) is 5.91. The van der Waals surface area contributed by atoms with Crippen LogP contribution in [0.4, 0.5) is 5.82 Å². The van der Waals surface area contributed by atoms with E-state index in [1.165, 1.54) is 17.5 Å². The Kier molecular flexibility index (Phi) is 5.61. The molecule has 0 aromatic carbocycles. The topological polar surface area (TPSA) is 127 Å². The number of carbonyl (C=O) groups excluding carboxylic acids is 1. The van der Waals surface area contributed by atoms with Crippen LogP contribution in [0.25, 0.3) is 16.2 Å². The monoisotopic (exact) mass is 483 g/mol. The maximum atomic E-state index is 12.9. The zero-order valence-electron chi connectivity index (χ0n) is 18.9. The number of ether oxygens (including phenoxy) is 1. The molecule has 10 nitrogen and oxygen atoms in total. The number of carboxylic acids is 1. The van der Waals surface area contributed by atoms with E-state index < -0.39 is 11.4 Å². The number of aryl methyl sites for hydroxylation is 1. The van der Waals surface area contributed by atoms with E-state index in [-0.39, 0.29) is 28.3 Å². The van der Waals surface area contributed by atoms with Crippen molar-refractivity contribution in [3.05, 3.63) is 45.2 Å². The normalized spacial score (nSPS) is 16.9. The van der Waals surface area contributed by atoms with Gasteiger partial charge in [0.05, 0.1) is 23.4 Å². The van der Waals surface area contributed by atoms with Crippen LogP contribution in [0.5, 0.6) is 0 Å². The lowest BCUT2D eigenvalue weighted by Crippen LogP contribution is -2.56. The quantitative estimate of drug-likeness (QED) is 0.498. The molecule has 178 valence electrons. The van der Waals surface area contributed by atoms with Crippen LogP contribution in [-0.4, -0.2) is 63.4 Å². The first-order valence-corrected chi connectivity index (χ1v) is 12.0. The van der Waals surface area contributed by atoms with Crippen LogP contribution in [0.15, 0.2) is 28.6 Å². The second-order valence-corrected chi connectivity index (χ2v) is 9.74. The number of aromatic carboxylic acids is 1. The standard InChI is InChI=1S/C23H25N5O5S/c1-3-33-12-23(4-5-23)26-20(30)14-9-27(10-14)16-8-13(2)17-18(29)15(21(31)32)11-28(19(17)25-16)22-24-6-7-34-22/h6-8,11,14H,3-5,9-10,12H2,1-2H3,(H,26,30)(H,31,32). The van der Waals surface area contributed by atoms with Crippen molar-refractivity contribution in [2.24, 2.45) is 5.92 Å². The molecule has 2 fully saturated rings. The number of nitrogens with zero attached hydrogens (tertiary/aromatic N) is 4. The van der Waals surface area contributed by atoms with Gasteiger partial charge in [0.25, 0.3) is 0 Å². The fourth-order valence-electron chi connectivity index (χ4n) is 4.22. The molecule has 1 amide bonds. The minimum absolute atomic E-state index is 0.0248. The zero-order chi connectivity index (χ0) is 24.0. The summed E-state index contributed by atoms with van der Waals surface area (Å²) in [6, 6.07) is 1.77. The third-order valence-electron chi connectivity index (χ3n) is 6.40. The molecule has 2 N–H and O–H groups in total. The highest BCUT2D eigenvalue weighted by atomic mass is 32.1. The molecule has 0 atom stereocenters. The Morgan fingerprint density at radius 2 is 2.12 bits per heavy atom. The van der Waals surface area contributed by atoms with Crippen molar-refractivity contribution in [1.29, 1.82) is 0 Å². The molecule has 0 bridgehead atoms. The molecule has 0 unspecified atom stereocenters. The Bertz CT molecular complexity index is 1330. The van der Waals surface area contributed by atoms with Gasteiger partial charge in [-0.1, -0.05) is 0 Å². The van der Waals surface area contributed by atoms with Gasteiger partial charge in [-0.15, -0.1) is 11.3 Å². The van der Waals surface area contributed by atoms with Crippen molar-refractivity contribution in [1.82, 2.24) is 19.9 Å². The molecular formula is C23H25N5O5S. The average Bonchev–Trinajstić information content (AvgIpc) is 3.29.